The number of methoxy groups -OCH3 is 1. The van der Waals surface area contributed by atoms with E-state index in [1.54, 1.807) is 54.6 Å². The predicted octanol–water partition coefficient (Wildman–Crippen LogP) is 3.82. The fourth-order valence-electron chi connectivity index (χ4n) is 2.93. The standard InChI is InChI=1S/C23H22BrN3O5S/c1-16-9-11-20(12-10-16)33(30,31)27(19-7-4-6-18(24)13-19)15-22(28)26-25-14-17-5-3-8-21(32-2)23(17)29/h3-14,29H,15H2,1-2H3,(H,26,28)/b25-14-. The van der Waals surface area contributed by atoms with Crippen LogP contribution in [-0.4, -0.2) is 39.3 Å². The molecule has 0 aliphatic heterocycles. The van der Waals surface area contributed by atoms with E-state index in [9.17, 15) is 18.3 Å². The van der Waals surface area contributed by atoms with Crippen LogP contribution in [0.5, 0.6) is 11.5 Å². The zero-order valence-corrected chi connectivity index (χ0v) is 20.3. The van der Waals surface area contributed by atoms with Crippen LogP contribution < -0.4 is 14.5 Å². The van der Waals surface area contributed by atoms with E-state index in [4.69, 9.17) is 4.74 Å². The third-order valence-corrected chi connectivity index (χ3v) is 6.92. The minimum atomic E-state index is -4.03. The van der Waals surface area contributed by atoms with Crippen LogP contribution >= 0.6 is 15.9 Å². The summed E-state index contributed by atoms with van der Waals surface area (Å²) in [7, 11) is -2.61. The van der Waals surface area contributed by atoms with Crippen molar-refractivity contribution in [2.45, 2.75) is 11.8 Å². The van der Waals surface area contributed by atoms with Gasteiger partial charge in [-0.25, -0.2) is 13.8 Å². The number of hydrazone groups is 1. The Morgan fingerprint density at radius 2 is 1.85 bits per heavy atom. The number of anilines is 1. The number of ether oxygens (including phenoxy) is 1. The largest absolute Gasteiger partial charge is 0.504 e. The van der Waals surface area contributed by atoms with Crippen LogP contribution in [0.2, 0.25) is 0 Å². The molecule has 10 heteroatoms. The molecule has 0 unspecified atom stereocenters. The molecular weight excluding hydrogens is 510 g/mol. The van der Waals surface area contributed by atoms with Crippen molar-refractivity contribution >= 4 is 43.8 Å². The van der Waals surface area contributed by atoms with E-state index in [1.165, 1.54) is 25.5 Å². The van der Waals surface area contributed by atoms with Gasteiger partial charge in [-0.15, -0.1) is 0 Å². The van der Waals surface area contributed by atoms with Crippen molar-refractivity contribution in [2.24, 2.45) is 5.10 Å². The van der Waals surface area contributed by atoms with Gasteiger partial charge in [0.25, 0.3) is 15.9 Å². The fourth-order valence-corrected chi connectivity index (χ4v) is 4.73. The number of hydrogen-bond donors (Lipinski definition) is 2. The van der Waals surface area contributed by atoms with Gasteiger partial charge in [-0.3, -0.25) is 9.10 Å². The number of halogens is 1. The van der Waals surface area contributed by atoms with Gasteiger partial charge >= 0.3 is 0 Å². The number of sulfonamides is 1. The molecule has 0 aliphatic rings. The minimum Gasteiger partial charge on any atom is -0.504 e. The number of aromatic hydroxyl groups is 1. The number of aryl methyl sites for hydroxylation is 1. The van der Waals surface area contributed by atoms with Crippen molar-refractivity contribution in [2.75, 3.05) is 18.0 Å². The summed E-state index contributed by atoms with van der Waals surface area (Å²) in [5.41, 5.74) is 3.86. The molecule has 0 spiro atoms. The number of benzene rings is 3. The summed E-state index contributed by atoms with van der Waals surface area (Å²) in [6.45, 7) is 1.35. The van der Waals surface area contributed by atoms with Crippen LogP contribution in [0.15, 0.2) is 81.2 Å². The molecule has 0 saturated heterocycles. The molecule has 0 atom stereocenters. The zero-order valence-electron chi connectivity index (χ0n) is 17.9. The van der Waals surface area contributed by atoms with Gasteiger partial charge in [0.2, 0.25) is 0 Å². The van der Waals surface area contributed by atoms with Crippen molar-refractivity contribution in [1.29, 1.82) is 0 Å². The van der Waals surface area contributed by atoms with Crippen LogP contribution in [0.1, 0.15) is 11.1 Å². The van der Waals surface area contributed by atoms with Gasteiger partial charge in [0.15, 0.2) is 11.5 Å². The Morgan fingerprint density at radius 3 is 2.52 bits per heavy atom. The average molecular weight is 532 g/mol. The maximum atomic E-state index is 13.3. The van der Waals surface area contributed by atoms with E-state index in [1.807, 2.05) is 6.92 Å². The Bertz CT molecular complexity index is 1280. The van der Waals surface area contributed by atoms with E-state index >= 15 is 0 Å². The van der Waals surface area contributed by atoms with E-state index in [0.717, 1.165) is 9.87 Å². The van der Waals surface area contributed by atoms with Gasteiger partial charge in [0.1, 0.15) is 6.54 Å². The lowest BCUT2D eigenvalue weighted by molar-refractivity contribution is -0.119. The first-order valence-electron chi connectivity index (χ1n) is 9.75. The number of phenolic OH excluding ortho intramolecular Hbond substituents is 1. The van der Waals surface area contributed by atoms with Crippen molar-refractivity contribution in [1.82, 2.24) is 5.43 Å². The maximum Gasteiger partial charge on any atom is 0.264 e. The summed E-state index contributed by atoms with van der Waals surface area (Å²) >= 11 is 3.34. The first-order valence-corrected chi connectivity index (χ1v) is 12.0. The van der Waals surface area contributed by atoms with Crippen LogP contribution in [0.4, 0.5) is 5.69 Å². The Hall–Kier alpha value is -3.37. The summed E-state index contributed by atoms with van der Waals surface area (Å²) in [5, 5.41) is 13.9. The number of nitrogens with one attached hydrogen (secondary N) is 1. The molecular formula is C23H22BrN3O5S. The number of phenols is 1. The lowest BCUT2D eigenvalue weighted by atomic mass is 10.2. The lowest BCUT2D eigenvalue weighted by Crippen LogP contribution is -2.39. The summed E-state index contributed by atoms with van der Waals surface area (Å²) in [6, 6.07) is 17.8. The van der Waals surface area contributed by atoms with Gasteiger partial charge in [-0.2, -0.15) is 5.10 Å². The first kappa shape index (κ1) is 24.3. The summed E-state index contributed by atoms with van der Waals surface area (Å²) < 4.78 is 33.4. The Labute approximate surface area is 200 Å². The monoisotopic (exact) mass is 531 g/mol. The molecule has 8 nitrogen and oxygen atoms in total. The van der Waals surface area contributed by atoms with Gasteiger partial charge in [0.05, 0.1) is 23.9 Å². The number of carbonyl (C=O) groups is 1. The summed E-state index contributed by atoms with van der Waals surface area (Å²) in [4.78, 5) is 12.7. The number of nitrogens with zero attached hydrogens (tertiary/aromatic N) is 2. The van der Waals surface area contributed by atoms with Crippen molar-refractivity contribution in [3.8, 4) is 11.5 Å². The van der Waals surface area contributed by atoms with E-state index in [0.29, 0.717) is 15.7 Å². The van der Waals surface area contributed by atoms with E-state index in [-0.39, 0.29) is 16.4 Å². The molecule has 2 N–H and O–H groups in total. The molecule has 0 radical (unpaired) electrons. The third-order valence-electron chi connectivity index (χ3n) is 4.64. The Morgan fingerprint density at radius 1 is 1.15 bits per heavy atom. The maximum absolute atomic E-state index is 13.3. The molecule has 172 valence electrons. The summed E-state index contributed by atoms with van der Waals surface area (Å²) in [6.07, 6.45) is 1.24. The first-order chi connectivity index (χ1) is 15.7. The van der Waals surface area contributed by atoms with Crippen molar-refractivity contribution in [3.05, 3.63) is 82.3 Å². The van der Waals surface area contributed by atoms with Gasteiger partial charge in [0, 0.05) is 10.0 Å². The van der Waals surface area contributed by atoms with E-state index < -0.39 is 22.5 Å². The molecule has 33 heavy (non-hydrogen) atoms. The van der Waals surface area contributed by atoms with Gasteiger partial charge < -0.3 is 9.84 Å². The Balaban J connectivity index is 1.85. The second kappa shape index (κ2) is 10.5. The molecule has 1 amide bonds. The molecule has 0 saturated carbocycles. The van der Waals surface area contributed by atoms with Crippen molar-refractivity contribution < 1.29 is 23.1 Å². The second-order valence-corrected chi connectivity index (χ2v) is 9.77. The average Bonchev–Trinajstić information content (AvgIpc) is 2.79. The second-order valence-electron chi connectivity index (χ2n) is 7.00. The number of amides is 1. The molecule has 3 aromatic carbocycles. The van der Waals surface area contributed by atoms with Crippen molar-refractivity contribution in [3.63, 3.8) is 0 Å². The van der Waals surface area contributed by atoms with Crippen LogP contribution in [0.25, 0.3) is 0 Å². The molecule has 3 rings (SSSR count). The normalized spacial score (nSPS) is 11.4. The number of carbonyl (C=O) groups excluding carboxylic acids is 1. The molecule has 0 bridgehead atoms. The highest BCUT2D eigenvalue weighted by Crippen LogP contribution is 2.28. The molecule has 0 heterocycles. The smallest absolute Gasteiger partial charge is 0.264 e. The highest BCUT2D eigenvalue weighted by molar-refractivity contribution is 9.10. The van der Waals surface area contributed by atoms with E-state index in [2.05, 4.69) is 26.5 Å². The summed E-state index contributed by atoms with van der Waals surface area (Å²) in [5.74, 6) is -0.532. The molecule has 0 aromatic heterocycles. The Kier molecular flexibility index (Phi) is 7.72. The SMILES string of the molecule is COc1cccc(/C=N\NC(=O)CN(c2cccc(Br)c2)S(=O)(=O)c2ccc(C)cc2)c1O. The topological polar surface area (TPSA) is 108 Å². The number of para-hydroxylation sites is 1. The minimum absolute atomic E-state index is 0.0608. The quantitative estimate of drug-likeness (QED) is 0.339. The van der Waals surface area contributed by atoms with Crippen LogP contribution in [-0.2, 0) is 14.8 Å². The fraction of sp³-hybridized carbons (Fsp3) is 0.130. The van der Waals surface area contributed by atoms with Crippen LogP contribution in [0, 0.1) is 6.92 Å². The molecule has 0 fully saturated rings. The highest BCUT2D eigenvalue weighted by Gasteiger charge is 2.27. The number of hydrogen-bond acceptors (Lipinski definition) is 6. The van der Waals surface area contributed by atoms with Gasteiger partial charge in [-0.05, 0) is 49.4 Å². The number of rotatable bonds is 8. The van der Waals surface area contributed by atoms with Gasteiger partial charge in [-0.1, -0.05) is 45.8 Å². The highest BCUT2D eigenvalue weighted by atomic mass is 79.9. The third kappa shape index (κ3) is 5.91. The van der Waals surface area contributed by atoms with Crippen LogP contribution in [0.3, 0.4) is 0 Å². The lowest BCUT2D eigenvalue weighted by Gasteiger charge is -2.24. The predicted molar refractivity (Wildman–Crippen MR) is 130 cm³/mol. The zero-order chi connectivity index (χ0) is 24.0. The molecule has 0 aliphatic carbocycles. The molecule has 3 aromatic rings.